The number of rotatable bonds is 5. The van der Waals surface area contributed by atoms with Gasteiger partial charge in [0.1, 0.15) is 5.65 Å². The minimum atomic E-state index is -3.49. The Labute approximate surface area is 140 Å². The predicted octanol–water partition coefficient (Wildman–Crippen LogP) is 2.92. The summed E-state index contributed by atoms with van der Waals surface area (Å²) < 4.78 is 28.9. The third-order valence-corrected chi connectivity index (χ3v) is 5.15. The van der Waals surface area contributed by atoms with E-state index in [1.165, 1.54) is 0 Å². The number of aryl methyl sites for hydroxylation is 1. The molecule has 0 aliphatic carbocycles. The molecule has 0 amide bonds. The van der Waals surface area contributed by atoms with Crippen LogP contribution in [0.15, 0.2) is 48.8 Å². The summed E-state index contributed by atoms with van der Waals surface area (Å²) in [6, 6.07) is 10.8. The van der Waals surface area contributed by atoms with Gasteiger partial charge < -0.3 is 4.40 Å². The molecule has 0 saturated carbocycles. The summed E-state index contributed by atoms with van der Waals surface area (Å²) in [6.07, 6.45) is 3.71. The molecule has 2 heterocycles. The quantitative estimate of drug-likeness (QED) is 0.770. The number of pyridine rings is 1. The van der Waals surface area contributed by atoms with Crippen molar-refractivity contribution < 1.29 is 8.42 Å². The molecule has 0 atom stereocenters. The molecule has 1 N–H and O–H groups in total. The smallest absolute Gasteiger partial charge is 0.216 e. The molecule has 3 rings (SSSR count). The summed E-state index contributed by atoms with van der Waals surface area (Å²) in [7, 11) is -3.49. The highest BCUT2D eigenvalue weighted by Crippen LogP contribution is 2.17. The summed E-state index contributed by atoms with van der Waals surface area (Å²) in [5, 5.41) is 0.446. The lowest BCUT2D eigenvalue weighted by Crippen LogP contribution is -2.25. The zero-order valence-electron chi connectivity index (χ0n) is 12.5. The number of aromatic nitrogens is 2. The fourth-order valence-corrected chi connectivity index (χ4v) is 3.76. The average molecular weight is 350 g/mol. The van der Waals surface area contributed by atoms with Crippen LogP contribution in [-0.4, -0.2) is 17.8 Å². The van der Waals surface area contributed by atoms with Crippen LogP contribution in [0.1, 0.15) is 16.8 Å². The van der Waals surface area contributed by atoms with Gasteiger partial charge in [-0.15, -0.1) is 0 Å². The SMILES string of the molecule is Cc1cccn2cc(CNS(=O)(=O)Cc3ccccc3Cl)nc12. The maximum atomic E-state index is 12.2. The number of halogens is 1. The van der Waals surface area contributed by atoms with E-state index in [0.717, 1.165) is 11.2 Å². The van der Waals surface area contributed by atoms with E-state index < -0.39 is 10.0 Å². The number of benzene rings is 1. The Hall–Kier alpha value is -1.89. The highest BCUT2D eigenvalue weighted by molar-refractivity contribution is 7.88. The first kappa shape index (κ1) is 16.0. The molecule has 7 heteroatoms. The van der Waals surface area contributed by atoms with Crippen molar-refractivity contribution >= 4 is 27.3 Å². The maximum Gasteiger partial charge on any atom is 0.216 e. The van der Waals surface area contributed by atoms with E-state index in [4.69, 9.17) is 11.6 Å². The first-order valence-electron chi connectivity index (χ1n) is 7.08. The number of sulfonamides is 1. The minimum Gasteiger partial charge on any atom is -0.307 e. The van der Waals surface area contributed by atoms with Gasteiger partial charge in [0.05, 0.1) is 18.0 Å². The number of nitrogens with one attached hydrogen (secondary N) is 1. The van der Waals surface area contributed by atoms with E-state index >= 15 is 0 Å². The largest absolute Gasteiger partial charge is 0.307 e. The third kappa shape index (κ3) is 3.72. The molecule has 0 aliphatic rings. The first-order chi connectivity index (χ1) is 10.9. The number of imidazole rings is 1. The van der Waals surface area contributed by atoms with Crippen molar-refractivity contribution in [3.05, 3.63) is 70.6 Å². The molecule has 0 radical (unpaired) electrons. The highest BCUT2D eigenvalue weighted by atomic mass is 35.5. The second kappa shape index (κ2) is 6.31. The van der Waals surface area contributed by atoms with E-state index in [-0.39, 0.29) is 12.3 Å². The van der Waals surface area contributed by atoms with Crippen LogP contribution < -0.4 is 4.72 Å². The number of hydrogen-bond donors (Lipinski definition) is 1. The lowest BCUT2D eigenvalue weighted by Gasteiger charge is -2.06. The van der Waals surface area contributed by atoms with Crippen LogP contribution in [0.2, 0.25) is 5.02 Å². The summed E-state index contributed by atoms with van der Waals surface area (Å²) in [6.45, 7) is 2.11. The van der Waals surface area contributed by atoms with Gasteiger partial charge in [-0.05, 0) is 30.2 Å². The Bertz CT molecular complexity index is 951. The van der Waals surface area contributed by atoms with E-state index in [1.54, 1.807) is 24.3 Å². The number of fused-ring (bicyclic) bond motifs is 1. The lowest BCUT2D eigenvalue weighted by atomic mass is 10.2. The number of nitrogens with zero attached hydrogens (tertiary/aromatic N) is 2. The van der Waals surface area contributed by atoms with Crippen molar-refractivity contribution in [1.82, 2.24) is 14.1 Å². The van der Waals surface area contributed by atoms with E-state index in [0.29, 0.717) is 16.3 Å². The molecule has 3 aromatic rings. The molecule has 0 fully saturated rings. The van der Waals surface area contributed by atoms with Gasteiger partial charge in [0.15, 0.2) is 0 Å². The van der Waals surface area contributed by atoms with Crippen molar-refractivity contribution in [2.24, 2.45) is 0 Å². The molecule has 2 aromatic heterocycles. The molecule has 5 nitrogen and oxygen atoms in total. The molecule has 23 heavy (non-hydrogen) atoms. The molecule has 0 saturated heterocycles. The van der Waals surface area contributed by atoms with E-state index in [9.17, 15) is 8.42 Å². The van der Waals surface area contributed by atoms with Crippen molar-refractivity contribution in [3.63, 3.8) is 0 Å². The fourth-order valence-electron chi connectivity index (χ4n) is 2.34. The summed E-state index contributed by atoms with van der Waals surface area (Å²) >= 11 is 6.01. The van der Waals surface area contributed by atoms with Gasteiger partial charge in [0.2, 0.25) is 10.0 Å². The van der Waals surface area contributed by atoms with Gasteiger partial charge in [-0.3, -0.25) is 0 Å². The molecular weight excluding hydrogens is 334 g/mol. The first-order valence-corrected chi connectivity index (χ1v) is 9.11. The van der Waals surface area contributed by atoms with Crippen molar-refractivity contribution in [2.75, 3.05) is 0 Å². The summed E-state index contributed by atoms with van der Waals surface area (Å²) in [5.41, 5.74) is 3.11. The highest BCUT2D eigenvalue weighted by Gasteiger charge is 2.14. The normalized spacial score (nSPS) is 11.9. The Kier molecular flexibility index (Phi) is 4.39. The van der Waals surface area contributed by atoms with Gasteiger partial charge in [0.25, 0.3) is 0 Å². The number of hydrogen-bond acceptors (Lipinski definition) is 3. The van der Waals surface area contributed by atoms with Gasteiger partial charge >= 0.3 is 0 Å². The Balaban J connectivity index is 1.73. The standard InChI is InChI=1S/C16H16ClN3O2S/c1-12-5-4-8-20-10-14(19-16(12)20)9-18-23(21,22)11-13-6-2-3-7-15(13)17/h2-8,10,18H,9,11H2,1H3. The Morgan fingerprint density at radius 2 is 2.00 bits per heavy atom. The van der Waals surface area contributed by atoms with Crippen LogP contribution in [0.3, 0.4) is 0 Å². The van der Waals surface area contributed by atoms with Crippen LogP contribution in [0, 0.1) is 6.92 Å². The lowest BCUT2D eigenvalue weighted by molar-refractivity contribution is 0.579. The third-order valence-electron chi connectivity index (χ3n) is 3.50. The summed E-state index contributed by atoms with van der Waals surface area (Å²) in [5.74, 6) is -0.154. The van der Waals surface area contributed by atoms with E-state index in [2.05, 4.69) is 9.71 Å². The second-order valence-electron chi connectivity index (χ2n) is 5.33. The molecular formula is C16H16ClN3O2S. The zero-order valence-corrected chi connectivity index (χ0v) is 14.1. The van der Waals surface area contributed by atoms with Gasteiger partial charge in [-0.2, -0.15) is 0 Å². The maximum absolute atomic E-state index is 12.2. The van der Waals surface area contributed by atoms with Crippen LogP contribution in [0.4, 0.5) is 0 Å². The molecule has 0 aliphatic heterocycles. The molecule has 0 unspecified atom stereocenters. The van der Waals surface area contributed by atoms with Crippen molar-refractivity contribution in [1.29, 1.82) is 0 Å². The van der Waals surface area contributed by atoms with Crippen LogP contribution in [0.5, 0.6) is 0 Å². The zero-order chi connectivity index (χ0) is 16.4. The second-order valence-corrected chi connectivity index (χ2v) is 7.54. The van der Waals surface area contributed by atoms with Crippen molar-refractivity contribution in [3.8, 4) is 0 Å². The summed E-state index contributed by atoms with van der Waals surface area (Å²) in [4.78, 5) is 4.45. The minimum absolute atomic E-state index is 0.147. The fraction of sp³-hybridized carbons (Fsp3) is 0.188. The predicted molar refractivity (Wildman–Crippen MR) is 90.8 cm³/mol. The Morgan fingerprint density at radius 1 is 1.22 bits per heavy atom. The molecule has 1 aromatic carbocycles. The monoisotopic (exact) mass is 349 g/mol. The van der Waals surface area contributed by atoms with Gasteiger partial charge in [-0.1, -0.05) is 35.9 Å². The Morgan fingerprint density at radius 3 is 2.74 bits per heavy atom. The molecule has 0 spiro atoms. The van der Waals surface area contributed by atoms with Crippen LogP contribution in [-0.2, 0) is 22.3 Å². The topological polar surface area (TPSA) is 63.5 Å². The van der Waals surface area contributed by atoms with Crippen LogP contribution >= 0.6 is 11.6 Å². The molecule has 120 valence electrons. The van der Waals surface area contributed by atoms with Gasteiger partial charge in [-0.25, -0.2) is 18.1 Å². The van der Waals surface area contributed by atoms with Crippen molar-refractivity contribution in [2.45, 2.75) is 19.2 Å². The average Bonchev–Trinajstić information content (AvgIpc) is 2.92. The van der Waals surface area contributed by atoms with Gasteiger partial charge in [0, 0.05) is 17.4 Å². The molecule has 0 bridgehead atoms. The van der Waals surface area contributed by atoms with E-state index in [1.807, 2.05) is 35.9 Å². The van der Waals surface area contributed by atoms with Crippen LogP contribution in [0.25, 0.3) is 5.65 Å².